The standard InChI is InChI=1S/C22H20ClN.C13H9Cl.C10H13Br/c1-22(2,3)15-8-11-17(12-9-15)24-20-7-5-4-6-18(20)19-13-10-16(23)14-21(19)24;14-11-5-6-13-10(8-11)7-9-3-1-2-4-12(9)13;1-10(2,3)8-4-6-9(11)7-5-8/h4-14H,1-3H3;1-6,8H,7H2;4-7H,1-3H3. The molecular weight excluding hydrogens is 705 g/mol. The highest BCUT2D eigenvalue weighted by atomic mass is 79.9. The molecule has 0 bridgehead atoms. The van der Waals surface area contributed by atoms with Gasteiger partial charge in [0.2, 0.25) is 0 Å². The molecule has 0 aliphatic heterocycles. The summed E-state index contributed by atoms with van der Waals surface area (Å²) in [6, 6.07) is 46.6. The Balaban J connectivity index is 0.000000141. The van der Waals surface area contributed by atoms with Crippen LogP contribution in [0.3, 0.4) is 0 Å². The third-order valence-electron chi connectivity index (χ3n) is 9.09. The van der Waals surface area contributed by atoms with Gasteiger partial charge >= 0.3 is 0 Å². The second-order valence-electron chi connectivity index (χ2n) is 14.7. The van der Waals surface area contributed by atoms with Gasteiger partial charge in [-0.3, -0.25) is 0 Å². The fourth-order valence-corrected chi connectivity index (χ4v) is 7.02. The molecule has 6 aromatic carbocycles. The van der Waals surface area contributed by atoms with E-state index in [9.17, 15) is 0 Å². The summed E-state index contributed by atoms with van der Waals surface area (Å²) in [6.45, 7) is 13.4. The van der Waals surface area contributed by atoms with E-state index in [1.165, 1.54) is 49.7 Å². The number of benzene rings is 6. The lowest BCUT2D eigenvalue weighted by Gasteiger charge is -2.19. The molecule has 7 aromatic rings. The summed E-state index contributed by atoms with van der Waals surface area (Å²) in [5, 5.41) is 4.08. The molecule has 0 N–H and O–H groups in total. The van der Waals surface area contributed by atoms with Crippen molar-refractivity contribution in [2.45, 2.75) is 58.8 Å². The van der Waals surface area contributed by atoms with Crippen LogP contribution in [-0.4, -0.2) is 4.57 Å². The summed E-state index contributed by atoms with van der Waals surface area (Å²) in [5.74, 6) is 0. The van der Waals surface area contributed by atoms with Gasteiger partial charge in [-0.15, -0.1) is 0 Å². The van der Waals surface area contributed by atoms with E-state index >= 15 is 0 Å². The van der Waals surface area contributed by atoms with Crippen molar-refractivity contribution in [2.75, 3.05) is 0 Å². The van der Waals surface area contributed by atoms with Gasteiger partial charge in [-0.25, -0.2) is 0 Å². The minimum atomic E-state index is 0.155. The summed E-state index contributed by atoms with van der Waals surface area (Å²) in [6.07, 6.45) is 1.02. The molecule has 0 fully saturated rings. The van der Waals surface area contributed by atoms with Crippen LogP contribution in [-0.2, 0) is 17.3 Å². The molecule has 1 aliphatic rings. The second-order valence-corrected chi connectivity index (χ2v) is 16.5. The minimum absolute atomic E-state index is 0.155. The SMILES string of the molecule is CC(C)(C)c1ccc(-n2c3ccccc3c3ccc(Cl)cc32)cc1.CC(C)(C)c1ccc(Br)cc1.Clc1ccc2c(c1)Cc1ccccc1-2. The van der Waals surface area contributed by atoms with Crippen LogP contribution in [0.4, 0.5) is 0 Å². The van der Waals surface area contributed by atoms with Crippen LogP contribution >= 0.6 is 39.1 Å². The van der Waals surface area contributed by atoms with E-state index in [4.69, 9.17) is 23.2 Å². The topological polar surface area (TPSA) is 4.93 Å². The fraction of sp³-hybridized carbons (Fsp3) is 0.200. The predicted molar refractivity (Wildman–Crippen MR) is 217 cm³/mol. The van der Waals surface area contributed by atoms with Crippen molar-refractivity contribution < 1.29 is 0 Å². The van der Waals surface area contributed by atoms with Gasteiger partial charge in [0.15, 0.2) is 0 Å². The molecule has 0 spiro atoms. The number of hydrogen-bond acceptors (Lipinski definition) is 0. The van der Waals surface area contributed by atoms with Gasteiger partial charge in [0.25, 0.3) is 0 Å². The monoisotopic (exact) mass is 745 g/mol. The number of aromatic nitrogens is 1. The van der Waals surface area contributed by atoms with E-state index < -0.39 is 0 Å². The van der Waals surface area contributed by atoms with E-state index in [1.807, 2.05) is 12.1 Å². The predicted octanol–water partition coefficient (Wildman–Crippen LogP) is 14.4. The van der Waals surface area contributed by atoms with Crippen molar-refractivity contribution in [3.63, 3.8) is 0 Å². The Morgan fingerprint density at radius 2 is 1.04 bits per heavy atom. The molecule has 0 amide bonds. The maximum absolute atomic E-state index is 6.28. The van der Waals surface area contributed by atoms with Crippen LogP contribution < -0.4 is 0 Å². The van der Waals surface area contributed by atoms with E-state index in [1.54, 1.807) is 0 Å². The zero-order valence-corrected chi connectivity index (χ0v) is 32.1. The quantitative estimate of drug-likeness (QED) is 0.158. The molecule has 0 radical (unpaired) electrons. The first-order valence-electron chi connectivity index (χ1n) is 16.7. The molecule has 1 aliphatic carbocycles. The minimum Gasteiger partial charge on any atom is -0.309 e. The number of halogens is 3. The highest BCUT2D eigenvalue weighted by molar-refractivity contribution is 9.10. The Morgan fingerprint density at radius 3 is 1.71 bits per heavy atom. The average Bonchev–Trinajstić information content (AvgIpc) is 3.59. The molecule has 0 saturated heterocycles. The van der Waals surface area contributed by atoms with E-state index in [0.29, 0.717) is 0 Å². The molecule has 1 heterocycles. The molecule has 248 valence electrons. The smallest absolute Gasteiger partial charge is 0.0555 e. The van der Waals surface area contributed by atoms with Crippen molar-refractivity contribution >= 4 is 60.9 Å². The van der Waals surface area contributed by atoms with Crippen LogP contribution in [0.5, 0.6) is 0 Å². The molecular formula is C45H42BrCl2N. The molecule has 1 nitrogen and oxygen atoms in total. The second kappa shape index (κ2) is 14.2. The van der Waals surface area contributed by atoms with E-state index in [-0.39, 0.29) is 10.8 Å². The molecule has 49 heavy (non-hydrogen) atoms. The van der Waals surface area contributed by atoms with Gasteiger partial charge in [-0.05, 0) is 105 Å². The van der Waals surface area contributed by atoms with Gasteiger partial charge in [0.1, 0.15) is 0 Å². The lowest BCUT2D eigenvalue weighted by atomic mass is 9.87. The first-order valence-corrected chi connectivity index (χ1v) is 18.3. The van der Waals surface area contributed by atoms with Gasteiger partial charge in [0, 0.05) is 31.0 Å². The average molecular weight is 748 g/mol. The number of para-hydroxylation sites is 1. The largest absolute Gasteiger partial charge is 0.309 e. The Morgan fingerprint density at radius 1 is 0.510 bits per heavy atom. The zero-order valence-electron chi connectivity index (χ0n) is 29.0. The van der Waals surface area contributed by atoms with Gasteiger partial charge in [0.05, 0.1) is 11.0 Å². The highest BCUT2D eigenvalue weighted by Gasteiger charge is 2.18. The lowest BCUT2D eigenvalue weighted by molar-refractivity contribution is 0.590. The summed E-state index contributed by atoms with van der Waals surface area (Å²) in [5.41, 5.74) is 12.1. The molecule has 0 saturated carbocycles. The number of fused-ring (bicyclic) bond motifs is 6. The van der Waals surface area contributed by atoms with E-state index in [0.717, 1.165) is 32.1 Å². The molecule has 4 heteroatoms. The Labute approximate surface area is 309 Å². The number of nitrogens with zero attached hydrogens (tertiary/aromatic N) is 1. The van der Waals surface area contributed by atoms with E-state index in [2.05, 4.69) is 183 Å². The molecule has 1 aromatic heterocycles. The number of rotatable bonds is 1. The first kappa shape index (κ1) is 35.0. The summed E-state index contributed by atoms with van der Waals surface area (Å²) < 4.78 is 3.44. The zero-order chi connectivity index (χ0) is 34.9. The summed E-state index contributed by atoms with van der Waals surface area (Å²) >= 11 is 15.7. The van der Waals surface area contributed by atoms with Crippen LogP contribution in [0.25, 0.3) is 38.6 Å². The highest BCUT2D eigenvalue weighted by Crippen LogP contribution is 2.38. The van der Waals surface area contributed by atoms with Crippen molar-refractivity contribution in [1.82, 2.24) is 4.57 Å². The van der Waals surface area contributed by atoms with Crippen molar-refractivity contribution in [2.24, 2.45) is 0 Å². The van der Waals surface area contributed by atoms with Gasteiger partial charge < -0.3 is 4.57 Å². The lowest BCUT2D eigenvalue weighted by Crippen LogP contribution is -2.10. The third kappa shape index (κ3) is 7.83. The van der Waals surface area contributed by atoms with Crippen LogP contribution in [0, 0.1) is 0 Å². The van der Waals surface area contributed by atoms with Crippen LogP contribution in [0.2, 0.25) is 10.0 Å². The third-order valence-corrected chi connectivity index (χ3v) is 10.1. The summed E-state index contributed by atoms with van der Waals surface area (Å²) in [4.78, 5) is 0. The Hall–Kier alpha value is -3.82. The normalized spacial score (nSPS) is 12.1. The Bertz CT molecular complexity index is 2230. The van der Waals surface area contributed by atoms with Crippen molar-refractivity contribution in [3.05, 3.63) is 170 Å². The van der Waals surface area contributed by atoms with Gasteiger partial charge in [-0.1, -0.05) is 160 Å². The van der Waals surface area contributed by atoms with Crippen molar-refractivity contribution in [3.8, 4) is 16.8 Å². The number of hydrogen-bond donors (Lipinski definition) is 0. The maximum Gasteiger partial charge on any atom is 0.0555 e. The molecule has 0 atom stereocenters. The molecule has 8 rings (SSSR count). The first-order chi connectivity index (χ1) is 23.3. The maximum atomic E-state index is 6.28. The molecule has 0 unspecified atom stereocenters. The Kier molecular flexibility index (Phi) is 10.1. The van der Waals surface area contributed by atoms with Crippen LogP contribution in [0.15, 0.2) is 138 Å². The van der Waals surface area contributed by atoms with Gasteiger partial charge in [-0.2, -0.15) is 0 Å². The van der Waals surface area contributed by atoms with Crippen LogP contribution in [0.1, 0.15) is 63.8 Å². The summed E-state index contributed by atoms with van der Waals surface area (Å²) in [7, 11) is 0. The van der Waals surface area contributed by atoms with Crippen molar-refractivity contribution in [1.29, 1.82) is 0 Å². The fourth-order valence-electron chi connectivity index (χ4n) is 6.40.